The number of ether oxygens (including phenoxy) is 1. The van der Waals surface area contributed by atoms with Crippen molar-refractivity contribution < 1.29 is 9.53 Å². The van der Waals surface area contributed by atoms with Crippen molar-refractivity contribution in [1.29, 1.82) is 0 Å². The molecule has 1 fully saturated rings. The van der Waals surface area contributed by atoms with Gasteiger partial charge in [0.25, 0.3) is 0 Å². The lowest BCUT2D eigenvalue weighted by Crippen LogP contribution is -2.48. The molecule has 0 aromatic carbocycles. The van der Waals surface area contributed by atoms with Crippen LogP contribution < -0.4 is 5.32 Å². The summed E-state index contributed by atoms with van der Waals surface area (Å²) in [6.07, 6.45) is -0.345. The maximum absolute atomic E-state index is 10.8. The molecule has 1 saturated heterocycles. The van der Waals surface area contributed by atoms with Gasteiger partial charge in [-0.2, -0.15) is 0 Å². The second-order valence-corrected chi connectivity index (χ2v) is 3.69. The Kier molecular flexibility index (Phi) is 5.42. The lowest BCUT2D eigenvalue weighted by molar-refractivity contribution is 0.134. The van der Waals surface area contributed by atoms with Gasteiger partial charge in [0.05, 0.1) is 7.11 Å². The minimum atomic E-state index is -0.345. The minimum absolute atomic E-state index is 0.345. The van der Waals surface area contributed by atoms with E-state index in [4.69, 9.17) is 0 Å². The van der Waals surface area contributed by atoms with Crippen molar-refractivity contribution in [3.05, 3.63) is 0 Å². The van der Waals surface area contributed by atoms with Gasteiger partial charge in [0.1, 0.15) is 0 Å². The number of methoxy groups -OCH3 is 1. The number of carbonyl (C=O) groups is 1. The molecular formula is C10H21N3O2. The number of likely N-dealkylation sites (N-methyl/N-ethyl adjacent to an activating group) is 1. The van der Waals surface area contributed by atoms with Crippen LogP contribution in [0, 0.1) is 0 Å². The maximum Gasteiger partial charge on any atom is 0.406 e. The van der Waals surface area contributed by atoms with Crippen molar-refractivity contribution in [1.82, 2.24) is 15.1 Å². The summed E-state index contributed by atoms with van der Waals surface area (Å²) >= 11 is 0. The van der Waals surface area contributed by atoms with Crippen molar-refractivity contribution in [3.8, 4) is 0 Å². The Bertz CT molecular complexity index is 191. The molecule has 0 bridgehead atoms. The van der Waals surface area contributed by atoms with Crippen molar-refractivity contribution in [2.24, 2.45) is 0 Å². The van der Waals surface area contributed by atoms with Gasteiger partial charge in [0, 0.05) is 39.3 Å². The summed E-state index contributed by atoms with van der Waals surface area (Å²) < 4.78 is 4.50. The van der Waals surface area contributed by atoms with Crippen molar-refractivity contribution in [2.75, 3.05) is 52.9 Å². The van der Waals surface area contributed by atoms with Crippen LogP contribution in [0.4, 0.5) is 4.79 Å². The highest BCUT2D eigenvalue weighted by atomic mass is 16.5. The zero-order valence-corrected chi connectivity index (χ0v) is 9.66. The van der Waals surface area contributed by atoms with Gasteiger partial charge in [-0.3, -0.25) is 4.90 Å². The van der Waals surface area contributed by atoms with Gasteiger partial charge in [0.2, 0.25) is 0 Å². The molecule has 1 N–H and O–H groups in total. The Morgan fingerprint density at radius 1 is 1.27 bits per heavy atom. The summed E-state index contributed by atoms with van der Waals surface area (Å²) in [6, 6.07) is 0. The third-order valence-electron chi connectivity index (χ3n) is 2.79. The van der Waals surface area contributed by atoms with Crippen LogP contribution in [0.15, 0.2) is 0 Å². The molecule has 1 rings (SSSR count). The minimum Gasteiger partial charge on any atom is -0.453 e. The van der Waals surface area contributed by atoms with Gasteiger partial charge in [-0.25, -0.2) is 4.79 Å². The van der Waals surface area contributed by atoms with E-state index < -0.39 is 0 Å². The number of rotatable bonds is 4. The summed E-state index contributed by atoms with van der Waals surface area (Å²) in [5.41, 5.74) is 0. The number of hydrogen-bond donors (Lipinski definition) is 1. The predicted molar refractivity (Wildman–Crippen MR) is 59.0 cm³/mol. The van der Waals surface area contributed by atoms with E-state index in [9.17, 15) is 4.79 Å². The molecule has 5 heteroatoms. The molecule has 15 heavy (non-hydrogen) atoms. The largest absolute Gasteiger partial charge is 0.453 e. The molecule has 1 aliphatic rings. The molecule has 5 nitrogen and oxygen atoms in total. The number of piperazine rings is 1. The average Bonchev–Trinajstić information content (AvgIpc) is 2.29. The molecule has 88 valence electrons. The number of nitrogens with one attached hydrogen (secondary N) is 1. The first-order chi connectivity index (χ1) is 7.26. The van der Waals surface area contributed by atoms with E-state index in [1.54, 1.807) is 0 Å². The van der Waals surface area contributed by atoms with Crippen molar-refractivity contribution >= 4 is 6.09 Å². The van der Waals surface area contributed by atoms with E-state index in [0.717, 1.165) is 39.3 Å². The molecule has 0 radical (unpaired) electrons. The van der Waals surface area contributed by atoms with Crippen LogP contribution in [-0.2, 0) is 4.74 Å². The van der Waals surface area contributed by atoms with Gasteiger partial charge in [-0.15, -0.1) is 0 Å². The number of amides is 1. The van der Waals surface area contributed by atoms with Crippen molar-refractivity contribution in [2.45, 2.75) is 6.92 Å². The lowest BCUT2D eigenvalue weighted by atomic mass is 10.3. The fraction of sp³-hybridized carbons (Fsp3) is 0.900. The predicted octanol–water partition coefficient (Wildman–Crippen LogP) is -0.0201. The average molecular weight is 215 g/mol. The van der Waals surface area contributed by atoms with Crippen LogP contribution in [-0.4, -0.2) is 68.8 Å². The second-order valence-electron chi connectivity index (χ2n) is 3.69. The first kappa shape index (κ1) is 12.3. The highest BCUT2D eigenvalue weighted by Gasteiger charge is 2.14. The van der Waals surface area contributed by atoms with Crippen LogP contribution in [0.25, 0.3) is 0 Å². The fourth-order valence-electron chi connectivity index (χ4n) is 1.72. The zero-order chi connectivity index (χ0) is 11.1. The first-order valence-corrected chi connectivity index (χ1v) is 5.52. The van der Waals surface area contributed by atoms with E-state index in [-0.39, 0.29) is 6.09 Å². The molecule has 0 aromatic rings. The molecule has 0 aromatic heterocycles. The van der Waals surface area contributed by atoms with Gasteiger partial charge in [-0.1, -0.05) is 6.92 Å². The van der Waals surface area contributed by atoms with Crippen LogP contribution in [0.3, 0.4) is 0 Å². The quantitative estimate of drug-likeness (QED) is 0.716. The second kappa shape index (κ2) is 6.63. The number of carbonyl (C=O) groups excluding carboxylic acids is 1. The smallest absolute Gasteiger partial charge is 0.406 e. The van der Waals surface area contributed by atoms with Crippen molar-refractivity contribution in [3.63, 3.8) is 0 Å². The van der Waals surface area contributed by atoms with E-state index >= 15 is 0 Å². The molecule has 0 atom stereocenters. The molecular weight excluding hydrogens is 194 g/mol. The summed E-state index contributed by atoms with van der Waals surface area (Å²) in [7, 11) is 1.38. The molecule has 1 amide bonds. The molecule has 1 aliphatic heterocycles. The summed E-state index contributed by atoms with van der Waals surface area (Å²) in [4.78, 5) is 15.6. The van der Waals surface area contributed by atoms with Crippen LogP contribution in [0.5, 0.6) is 0 Å². The topological polar surface area (TPSA) is 44.8 Å². The fourth-order valence-corrected chi connectivity index (χ4v) is 1.72. The van der Waals surface area contributed by atoms with E-state index in [0.29, 0.717) is 6.54 Å². The van der Waals surface area contributed by atoms with Gasteiger partial charge < -0.3 is 15.0 Å². The molecule has 0 unspecified atom stereocenters. The number of alkyl carbamates (subject to hydrolysis) is 1. The lowest BCUT2D eigenvalue weighted by Gasteiger charge is -2.33. The number of hydrogen-bond acceptors (Lipinski definition) is 4. The summed E-state index contributed by atoms with van der Waals surface area (Å²) in [6.45, 7) is 9.35. The van der Waals surface area contributed by atoms with E-state index in [2.05, 4.69) is 26.8 Å². The Morgan fingerprint density at radius 3 is 2.40 bits per heavy atom. The highest BCUT2D eigenvalue weighted by molar-refractivity contribution is 5.66. The van der Waals surface area contributed by atoms with Gasteiger partial charge >= 0.3 is 6.09 Å². The molecule has 0 saturated carbocycles. The van der Waals surface area contributed by atoms with Gasteiger partial charge in [-0.05, 0) is 6.54 Å². The number of nitrogens with zero attached hydrogens (tertiary/aromatic N) is 2. The Labute approximate surface area is 91.4 Å². The van der Waals surface area contributed by atoms with E-state index in [1.165, 1.54) is 7.11 Å². The molecule has 1 heterocycles. The normalized spacial score (nSPS) is 18.8. The molecule has 0 aliphatic carbocycles. The van der Waals surface area contributed by atoms with Crippen LogP contribution >= 0.6 is 0 Å². The van der Waals surface area contributed by atoms with Crippen LogP contribution in [0.1, 0.15) is 6.92 Å². The highest BCUT2D eigenvalue weighted by Crippen LogP contribution is 1.99. The Hall–Kier alpha value is -0.810. The SMILES string of the molecule is CCN1CCN(CCNC(=O)OC)CC1. The third-order valence-corrected chi connectivity index (χ3v) is 2.79. The summed E-state index contributed by atoms with van der Waals surface area (Å²) in [5, 5.41) is 2.69. The van der Waals surface area contributed by atoms with E-state index in [1.807, 2.05) is 0 Å². The Balaban J connectivity index is 2.06. The van der Waals surface area contributed by atoms with Gasteiger partial charge in [0.15, 0.2) is 0 Å². The first-order valence-electron chi connectivity index (χ1n) is 5.52. The Morgan fingerprint density at radius 2 is 1.87 bits per heavy atom. The zero-order valence-electron chi connectivity index (χ0n) is 9.66. The monoisotopic (exact) mass is 215 g/mol. The van der Waals surface area contributed by atoms with Crippen LogP contribution in [0.2, 0.25) is 0 Å². The summed E-state index contributed by atoms with van der Waals surface area (Å²) in [5.74, 6) is 0. The molecule has 0 spiro atoms. The standard InChI is InChI=1S/C10H21N3O2/c1-3-12-6-8-13(9-7-12)5-4-11-10(14)15-2/h3-9H2,1-2H3,(H,11,14). The third kappa shape index (κ3) is 4.48. The maximum atomic E-state index is 10.8.